The summed E-state index contributed by atoms with van der Waals surface area (Å²) in [6.45, 7) is 4.76. The number of likely N-dealkylation sites (tertiary alicyclic amines) is 1. The largest absolute Gasteiger partial charge is 0.469 e. The summed E-state index contributed by atoms with van der Waals surface area (Å²) in [6.07, 6.45) is 1.65. The minimum Gasteiger partial charge on any atom is -0.469 e. The molecule has 1 saturated heterocycles. The summed E-state index contributed by atoms with van der Waals surface area (Å²) in [5.74, 6) is 1.33. The highest BCUT2D eigenvalue weighted by molar-refractivity contribution is 14.0. The molecule has 1 N–H and O–H groups in total. The average molecular weight is 451 g/mol. The molecular formula is C16H26IN3O2S. The number of thiophene rings is 1. The van der Waals surface area contributed by atoms with Crippen molar-refractivity contribution < 1.29 is 9.53 Å². The number of nitrogens with one attached hydrogen (secondary N) is 1. The molecule has 5 nitrogen and oxygen atoms in total. The van der Waals surface area contributed by atoms with E-state index in [1.165, 1.54) is 12.0 Å². The number of esters is 1. The summed E-state index contributed by atoms with van der Waals surface area (Å²) in [5.41, 5.74) is 0. The first kappa shape index (κ1) is 20.2. The van der Waals surface area contributed by atoms with Crippen LogP contribution in [0.15, 0.2) is 22.5 Å². The molecule has 1 unspecified atom stereocenters. The quantitative estimate of drug-likeness (QED) is 0.331. The Morgan fingerprint density at radius 2 is 2.22 bits per heavy atom. The number of aliphatic imine (C=N–C) groups is 1. The lowest BCUT2D eigenvalue weighted by Crippen LogP contribution is -2.47. The first-order valence-electron chi connectivity index (χ1n) is 7.72. The number of hydrogen-bond donors (Lipinski definition) is 1. The Balaban J connectivity index is 0.00000264. The van der Waals surface area contributed by atoms with Gasteiger partial charge in [0.1, 0.15) is 0 Å². The number of nitrogens with zero attached hydrogens (tertiary/aromatic N) is 2. The molecule has 1 aromatic rings. The lowest BCUT2D eigenvalue weighted by Gasteiger charge is -2.33. The van der Waals surface area contributed by atoms with Crippen LogP contribution in [0.4, 0.5) is 0 Å². The second-order valence-corrected chi connectivity index (χ2v) is 6.61. The molecule has 0 aromatic carbocycles. The van der Waals surface area contributed by atoms with Gasteiger partial charge >= 0.3 is 5.97 Å². The van der Waals surface area contributed by atoms with E-state index in [-0.39, 0.29) is 35.9 Å². The van der Waals surface area contributed by atoms with Gasteiger partial charge in [0.2, 0.25) is 0 Å². The van der Waals surface area contributed by atoms with Crippen molar-refractivity contribution in [1.82, 2.24) is 10.2 Å². The molecule has 2 rings (SSSR count). The minimum absolute atomic E-state index is 0. The number of ether oxygens (including phenoxy) is 1. The summed E-state index contributed by atoms with van der Waals surface area (Å²) >= 11 is 1.79. The topological polar surface area (TPSA) is 53.9 Å². The van der Waals surface area contributed by atoms with Gasteiger partial charge in [-0.25, -0.2) is 0 Å². The van der Waals surface area contributed by atoms with Gasteiger partial charge in [0, 0.05) is 37.5 Å². The van der Waals surface area contributed by atoms with Crippen LogP contribution in [0.2, 0.25) is 0 Å². The third-order valence-electron chi connectivity index (χ3n) is 4.14. The minimum atomic E-state index is -0.0890. The number of halogens is 1. The Morgan fingerprint density at radius 1 is 1.52 bits per heavy atom. The van der Waals surface area contributed by atoms with Crippen molar-refractivity contribution in [1.29, 1.82) is 0 Å². The fourth-order valence-corrected chi connectivity index (χ4v) is 3.53. The first-order valence-corrected chi connectivity index (χ1v) is 8.60. The summed E-state index contributed by atoms with van der Waals surface area (Å²) in [5, 5.41) is 5.56. The van der Waals surface area contributed by atoms with Crippen LogP contribution in [-0.2, 0) is 9.53 Å². The number of carbonyl (C=O) groups excluding carboxylic acids is 1. The van der Waals surface area contributed by atoms with Crippen LogP contribution in [0.1, 0.15) is 30.6 Å². The molecule has 0 amide bonds. The van der Waals surface area contributed by atoms with Crippen molar-refractivity contribution in [2.45, 2.75) is 25.7 Å². The lowest BCUT2D eigenvalue weighted by molar-refractivity contribution is -0.146. The molecule has 1 aromatic heterocycles. The van der Waals surface area contributed by atoms with Gasteiger partial charge < -0.3 is 15.0 Å². The van der Waals surface area contributed by atoms with Crippen LogP contribution in [0, 0.1) is 5.92 Å². The van der Waals surface area contributed by atoms with Gasteiger partial charge in [-0.2, -0.15) is 0 Å². The number of methoxy groups -OCH3 is 1. The van der Waals surface area contributed by atoms with Gasteiger partial charge in [-0.1, -0.05) is 13.0 Å². The zero-order valence-corrected chi connectivity index (χ0v) is 17.1. The van der Waals surface area contributed by atoms with Gasteiger partial charge in [-0.3, -0.25) is 9.79 Å². The molecule has 0 aliphatic carbocycles. The molecule has 7 heteroatoms. The van der Waals surface area contributed by atoms with Crippen LogP contribution in [0.25, 0.3) is 0 Å². The molecule has 23 heavy (non-hydrogen) atoms. The molecule has 0 radical (unpaired) electrons. The highest BCUT2D eigenvalue weighted by atomic mass is 127. The molecule has 1 fully saturated rings. The van der Waals surface area contributed by atoms with Crippen molar-refractivity contribution in [3.05, 3.63) is 22.4 Å². The summed E-state index contributed by atoms with van der Waals surface area (Å²) < 4.78 is 4.83. The van der Waals surface area contributed by atoms with Crippen molar-refractivity contribution in [2.24, 2.45) is 10.9 Å². The Morgan fingerprint density at radius 3 is 2.74 bits per heavy atom. The summed E-state index contributed by atoms with van der Waals surface area (Å²) in [6, 6.07) is 4.25. The molecule has 0 spiro atoms. The second kappa shape index (κ2) is 10.1. The predicted octanol–water partition coefficient (Wildman–Crippen LogP) is 2.93. The number of carbonyl (C=O) groups is 1. The maximum absolute atomic E-state index is 11.6. The van der Waals surface area contributed by atoms with Crippen molar-refractivity contribution in [3.8, 4) is 0 Å². The molecule has 1 aliphatic rings. The Bertz CT molecular complexity index is 499. The number of rotatable bonds is 4. The van der Waals surface area contributed by atoms with Crippen molar-refractivity contribution in [3.63, 3.8) is 0 Å². The van der Waals surface area contributed by atoms with E-state index < -0.39 is 0 Å². The standard InChI is InChI=1S/C16H25N3O2S.HI/c1-12(14-5-4-10-22-14)11-18-16(17-2)19-8-6-13(7-9-19)15(20)21-3;/h4-5,10,12-13H,6-9,11H2,1-3H3,(H,17,18);1H. The van der Waals surface area contributed by atoms with Crippen LogP contribution >= 0.6 is 35.3 Å². The zero-order valence-electron chi connectivity index (χ0n) is 13.9. The van der Waals surface area contributed by atoms with E-state index in [1.807, 2.05) is 7.05 Å². The molecule has 1 atom stereocenters. The fraction of sp³-hybridized carbons (Fsp3) is 0.625. The van der Waals surface area contributed by atoms with E-state index in [2.05, 4.69) is 39.6 Å². The molecule has 0 bridgehead atoms. The summed E-state index contributed by atoms with van der Waals surface area (Å²) in [7, 11) is 3.27. The Hall–Kier alpha value is -0.830. The number of guanidine groups is 1. The van der Waals surface area contributed by atoms with Gasteiger partial charge in [0.25, 0.3) is 0 Å². The smallest absolute Gasteiger partial charge is 0.308 e. The highest BCUT2D eigenvalue weighted by Gasteiger charge is 2.27. The Labute approximate surface area is 159 Å². The lowest BCUT2D eigenvalue weighted by atomic mass is 9.97. The SMILES string of the molecule is CN=C(NCC(C)c1cccs1)N1CCC(C(=O)OC)CC1.I. The number of hydrogen-bond acceptors (Lipinski definition) is 4. The third kappa shape index (κ3) is 5.63. The van der Waals surface area contributed by atoms with Gasteiger partial charge in [-0.05, 0) is 24.3 Å². The van der Waals surface area contributed by atoms with E-state index in [1.54, 1.807) is 11.3 Å². The maximum Gasteiger partial charge on any atom is 0.308 e. The maximum atomic E-state index is 11.6. The van der Waals surface area contributed by atoms with Gasteiger partial charge in [0.05, 0.1) is 13.0 Å². The van der Waals surface area contributed by atoms with E-state index in [0.29, 0.717) is 5.92 Å². The zero-order chi connectivity index (χ0) is 15.9. The van der Waals surface area contributed by atoms with Crippen LogP contribution < -0.4 is 5.32 Å². The number of piperidine rings is 1. The summed E-state index contributed by atoms with van der Waals surface area (Å²) in [4.78, 5) is 19.6. The monoisotopic (exact) mass is 451 g/mol. The fourth-order valence-electron chi connectivity index (χ4n) is 2.74. The molecule has 1 aliphatic heterocycles. The third-order valence-corrected chi connectivity index (χ3v) is 5.24. The van der Waals surface area contributed by atoms with E-state index in [0.717, 1.165) is 38.4 Å². The normalized spacial score (nSPS) is 17.3. The first-order chi connectivity index (χ1) is 10.7. The second-order valence-electron chi connectivity index (χ2n) is 5.63. The van der Waals surface area contributed by atoms with E-state index in [4.69, 9.17) is 4.74 Å². The Kier molecular flexibility index (Phi) is 8.90. The van der Waals surface area contributed by atoms with Crippen molar-refractivity contribution in [2.75, 3.05) is 33.8 Å². The molecule has 0 saturated carbocycles. The van der Waals surface area contributed by atoms with Gasteiger partial charge in [-0.15, -0.1) is 35.3 Å². The van der Waals surface area contributed by atoms with Crippen LogP contribution in [0.5, 0.6) is 0 Å². The molecule has 130 valence electrons. The molecule has 2 heterocycles. The van der Waals surface area contributed by atoms with E-state index in [9.17, 15) is 4.79 Å². The van der Waals surface area contributed by atoms with Gasteiger partial charge in [0.15, 0.2) is 5.96 Å². The van der Waals surface area contributed by atoms with E-state index >= 15 is 0 Å². The van der Waals surface area contributed by atoms with Crippen molar-refractivity contribution >= 4 is 47.2 Å². The molecular weight excluding hydrogens is 425 g/mol. The van der Waals surface area contributed by atoms with Crippen LogP contribution in [0.3, 0.4) is 0 Å². The van der Waals surface area contributed by atoms with Crippen LogP contribution in [-0.4, -0.2) is 50.6 Å². The average Bonchev–Trinajstić information content (AvgIpc) is 3.09. The highest BCUT2D eigenvalue weighted by Crippen LogP contribution is 2.21. The predicted molar refractivity (Wildman–Crippen MR) is 106 cm³/mol.